The molecule has 0 unspecified atom stereocenters. The van der Waals surface area contributed by atoms with Gasteiger partial charge >= 0.3 is 0 Å². The number of benzene rings is 1. The number of aryl methyl sites for hydroxylation is 1. The number of nitrogens with zero attached hydrogens (tertiary/aromatic N) is 1. The van der Waals surface area contributed by atoms with Gasteiger partial charge in [-0.2, -0.15) is 4.31 Å². The number of hydrogen-bond donors (Lipinski definition) is 1. The van der Waals surface area contributed by atoms with Crippen LogP contribution >= 0.6 is 0 Å². The highest BCUT2D eigenvalue weighted by molar-refractivity contribution is 7.89. The van der Waals surface area contributed by atoms with Crippen LogP contribution in [0.5, 0.6) is 0 Å². The highest BCUT2D eigenvalue weighted by atomic mass is 32.2. The number of rotatable bonds is 7. The van der Waals surface area contributed by atoms with Gasteiger partial charge < -0.3 is 5.73 Å². The van der Waals surface area contributed by atoms with Crippen molar-refractivity contribution in [2.75, 3.05) is 13.1 Å². The maximum atomic E-state index is 12.5. The van der Waals surface area contributed by atoms with E-state index in [0.29, 0.717) is 24.5 Å². The van der Waals surface area contributed by atoms with Gasteiger partial charge in [0, 0.05) is 19.6 Å². The molecular formula is C14H22N2O2S. The van der Waals surface area contributed by atoms with E-state index in [4.69, 9.17) is 5.73 Å². The van der Waals surface area contributed by atoms with Gasteiger partial charge in [-0.1, -0.05) is 26.0 Å². The van der Waals surface area contributed by atoms with E-state index in [1.165, 1.54) is 4.31 Å². The number of likely N-dealkylation sites (N-methyl/N-ethyl adjacent to an activating group) is 1. The van der Waals surface area contributed by atoms with Crippen LogP contribution in [0.3, 0.4) is 0 Å². The lowest BCUT2D eigenvalue weighted by Gasteiger charge is -2.19. The van der Waals surface area contributed by atoms with Gasteiger partial charge in [0.1, 0.15) is 0 Å². The summed E-state index contributed by atoms with van der Waals surface area (Å²) >= 11 is 0. The van der Waals surface area contributed by atoms with Crippen molar-refractivity contribution in [3.8, 4) is 0 Å². The SMILES string of the molecule is C=CCN(CC)S(=O)(=O)c1ccc(CC)c(CN)c1. The van der Waals surface area contributed by atoms with Crippen LogP contribution in [-0.2, 0) is 23.0 Å². The fraction of sp³-hybridized carbons (Fsp3) is 0.429. The zero-order valence-electron chi connectivity index (χ0n) is 11.6. The van der Waals surface area contributed by atoms with Crippen molar-refractivity contribution in [1.82, 2.24) is 4.31 Å². The quantitative estimate of drug-likeness (QED) is 0.777. The average molecular weight is 282 g/mol. The Morgan fingerprint density at radius 1 is 1.32 bits per heavy atom. The zero-order chi connectivity index (χ0) is 14.5. The van der Waals surface area contributed by atoms with Crippen molar-refractivity contribution in [3.63, 3.8) is 0 Å². The van der Waals surface area contributed by atoms with Gasteiger partial charge in [0.15, 0.2) is 0 Å². The van der Waals surface area contributed by atoms with Crippen LogP contribution in [0.4, 0.5) is 0 Å². The summed E-state index contributed by atoms with van der Waals surface area (Å²) in [5, 5.41) is 0. The first kappa shape index (κ1) is 15.9. The maximum absolute atomic E-state index is 12.5. The van der Waals surface area contributed by atoms with Gasteiger partial charge in [-0.3, -0.25) is 0 Å². The van der Waals surface area contributed by atoms with Crippen molar-refractivity contribution in [2.24, 2.45) is 5.73 Å². The summed E-state index contributed by atoms with van der Waals surface area (Å²) in [6, 6.07) is 5.18. The van der Waals surface area contributed by atoms with Crippen LogP contribution in [0, 0.1) is 0 Å². The minimum Gasteiger partial charge on any atom is -0.326 e. The van der Waals surface area contributed by atoms with Crippen LogP contribution in [0.25, 0.3) is 0 Å². The second-order valence-corrected chi connectivity index (χ2v) is 6.17. The minimum atomic E-state index is -3.46. The molecule has 0 saturated heterocycles. The topological polar surface area (TPSA) is 63.4 Å². The standard InChI is InChI=1S/C14H22N2O2S/c1-4-9-16(6-3)19(17,18)14-8-7-12(5-2)13(10-14)11-15/h4,7-8,10H,1,5-6,9,11,15H2,2-3H3. The van der Waals surface area contributed by atoms with Crippen LogP contribution < -0.4 is 5.73 Å². The summed E-state index contributed by atoms with van der Waals surface area (Å²) < 4.78 is 26.3. The Morgan fingerprint density at radius 3 is 2.47 bits per heavy atom. The molecule has 2 N–H and O–H groups in total. The zero-order valence-corrected chi connectivity index (χ0v) is 12.4. The molecule has 1 rings (SSSR count). The fourth-order valence-corrected chi connectivity index (χ4v) is 3.46. The molecule has 0 aromatic heterocycles. The molecule has 0 fully saturated rings. The Morgan fingerprint density at radius 2 is 2.00 bits per heavy atom. The molecule has 0 amide bonds. The third-order valence-electron chi connectivity index (χ3n) is 3.10. The van der Waals surface area contributed by atoms with Gasteiger partial charge in [-0.15, -0.1) is 6.58 Å². The van der Waals surface area contributed by atoms with Crippen LogP contribution in [0.15, 0.2) is 35.7 Å². The van der Waals surface area contributed by atoms with Crippen molar-refractivity contribution in [3.05, 3.63) is 42.0 Å². The monoisotopic (exact) mass is 282 g/mol. The molecule has 1 aromatic carbocycles. The van der Waals surface area contributed by atoms with Crippen molar-refractivity contribution in [2.45, 2.75) is 31.7 Å². The molecule has 0 radical (unpaired) electrons. The third kappa shape index (κ3) is 3.43. The highest BCUT2D eigenvalue weighted by Gasteiger charge is 2.22. The highest BCUT2D eigenvalue weighted by Crippen LogP contribution is 2.20. The van der Waals surface area contributed by atoms with Gasteiger partial charge in [-0.25, -0.2) is 8.42 Å². The summed E-state index contributed by atoms with van der Waals surface area (Å²) in [5.74, 6) is 0. The molecule has 0 aliphatic carbocycles. The molecular weight excluding hydrogens is 260 g/mol. The molecule has 4 nitrogen and oxygen atoms in total. The lowest BCUT2D eigenvalue weighted by atomic mass is 10.1. The van der Waals surface area contributed by atoms with E-state index >= 15 is 0 Å². The largest absolute Gasteiger partial charge is 0.326 e. The fourth-order valence-electron chi connectivity index (χ4n) is 1.99. The van der Waals surface area contributed by atoms with Gasteiger partial charge in [0.25, 0.3) is 0 Å². The normalized spacial score (nSPS) is 11.8. The lowest BCUT2D eigenvalue weighted by molar-refractivity contribution is 0.460. The number of nitrogens with two attached hydrogens (primary N) is 1. The predicted molar refractivity (Wildman–Crippen MR) is 78.3 cm³/mol. The van der Waals surface area contributed by atoms with E-state index in [1.807, 2.05) is 19.9 Å². The van der Waals surface area contributed by atoms with Crippen LogP contribution in [-0.4, -0.2) is 25.8 Å². The van der Waals surface area contributed by atoms with Crippen LogP contribution in [0.2, 0.25) is 0 Å². The lowest BCUT2D eigenvalue weighted by Crippen LogP contribution is -2.31. The molecule has 0 atom stereocenters. The second kappa shape index (κ2) is 6.84. The van der Waals surface area contributed by atoms with Crippen molar-refractivity contribution < 1.29 is 8.42 Å². The Bertz CT molecular complexity index is 538. The van der Waals surface area contributed by atoms with E-state index in [2.05, 4.69) is 6.58 Å². The first-order valence-corrected chi connectivity index (χ1v) is 7.88. The summed E-state index contributed by atoms with van der Waals surface area (Å²) in [4.78, 5) is 0.300. The Balaban J connectivity index is 3.24. The second-order valence-electron chi connectivity index (χ2n) is 4.23. The number of sulfonamides is 1. The van der Waals surface area contributed by atoms with Gasteiger partial charge in [-0.05, 0) is 29.7 Å². The molecule has 0 spiro atoms. The Hall–Kier alpha value is -1.17. The first-order valence-electron chi connectivity index (χ1n) is 6.44. The van der Waals surface area contributed by atoms with Crippen molar-refractivity contribution >= 4 is 10.0 Å². The smallest absolute Gasteiger partial charge is 0.243 e. The first-order chi connectivity index (χ1) is 9.01. The molecule has 106 valence electrons. The summed E-state index contributed by atoms with van der Waals surface area (Å²) in [5.41, 5.74) is 7.66. The molecule has 0 aliphatic heterocycles. The molecule has 1 aromatic rings. The molecule has 19 heavy (non-hydrogen) atoms. The molecule has 0 bridgehead atoms. The Kier molecular flexibility index (Phi) is 5.72. The average Bonchev–Trinajstić information content (AvgIpc) is 2.43. The van der Waals surface area contributed by atoms with E-state index in [1.54, 1.807) is 18.2 Å². The van der Waals surface area contributed by atoms with Gasteiger partial charge in [0.2, 0.25) is 10.0 Å². The van der Waals surface area contributed by atoms with E-state index in [-0.39, 0.29) is 0 Å². The molecule has 0 aliphatic rings. The van der Waals surface area contributed by atoms with E-state index in [0.717, 1.165) is 17.5 Å². The Labute approximate surface area is 116 Å². The summed E-state index contributed by atoms with van der Waals surface area (Å²) in [6.45, 7) is 8.51. The van der Waals surface area contributed by atoms with Gasteiger partial charge in [0.05, 0.1) is 4.90 Å². The molecule has 0 saturated carbocycles. The van der Waals surface area contributed by atoms with E-state index in [9.17, 15) is 8.42 Å². The van der Waals surface area contributed by atoms with Crippen molar-refractivity contribution in [1.29, 1.82) is 0 Å². The maximum Gasteiger partial charge on any atom is 0.243 e. The predicted octanol–water partition coefficient (Wildman–Crippen LogP) is 1.90. The summed E-state index contributed by atoms with van der Waals surface area (Å²) in [6.07, 6.45) is 2.43. The van der Waals surface area contributed by atoms with E-state index < -0.39 is 10.0 Å². The minimum absolute atomic E-state index is 0.300. The summed E-state index contributed by atoms with van der Waals surface area (Å²) in [7, 11) is -3.46. The number of hydrogen-bond acceptors (Lipinski definition) is 3. The third-order valence-corrected chi connectivity index (χ3v) is 5.04. The molecule has 5 heteroatoms. The van der Waals surface area contributed by atoms with Crippen LogP contribution in [0.1, 0.15) is 25.0 Å². The molecule has 0 heterocycles.